The van der Waals surface area contributed by atoms with Crippen LogP contribution in [-0.2, 0) is 138 Å². The van der Waals surface area contributed by atoms with Crippen molar-refractivity contribution < 1.29 is 142 Å². The number of rotatable bonds is 81. The molecule has 570 valence electrons. The van der Waals surface area contributed by atoms with E-state index >= 15 is 0 Å². The molecule has 1 atom stereocenters. The molecule has 0 aromatic heterocycles. The number of benzene rings is 1. The average Bonchev–Trinajstić information content (AvgIpc) is 1.59. The number of unbranched alkanes of at least 4 members (excludes halogenated alkanes) is 2. The predicted molar refractivity (Wildman–Crippen MR) is 353 cm³/mol. The van der Waals surface area contributed by atoms with Crippen molar-refractivity contribution in [1.82, 2.24) is 0 Å². The molecule has 0 saturated heterocycles. The van der Waals surface area contributed by atoms with Crippen LogP contribution in [0.3, 0.4) is 0 Å². The smallest absolute Gasteiger partial charge is 0.305 e. The van der Waals surface area contributed by atoms with E-state index in [0.29, 0.717) is 323 Å². The summed E-state index contributed by atoms with van der Waals surface area (Å²) in [4.78, 5) is 12.3. The molecule has 97 heavy (non-hydrogen) atoms. The summed E-state index contributed by atoms with van der Waals surface area (Å²) in [5, 5.41) is 14.0. The number of hydrogen-bond acceptors (Lipinski definition) is 30. The number of nitrogens with zero attached hydrogens (tertiary/aromatic N) is 1. The Labute approximate surface area is 581 Å². The van der Waals surface area contributed by atoms with Gasteiger partial charge in [0.25, 0.3) is 0 Å². The number of carbonyl (C=O) groups excluding carboxylic acids is 1. The van der Waals surface area contributed by atoms with Crippen LogP contribution < -0.4 is 5.26 Å². The van der Waals surface area contributed by atoms with Gasteiger partial charge in [0.1, 0.15) is 6.61 Å². The van der Waals surface area contributed by atoms with Crippen LogP contribution in [0.1, 0.15) is 51.5 Å². The molecule has 1 aliphatic rings. The zero-order valence-electron chi connectivity index (χ0n) is 58.9. The van der Waals surface area contributed by atoms with E-state index in [-0.39, 0.29) is 11.4 Å². The molecule has 1 aromatic carbocycles. The van der Waals surface area contributed by atoms with Gasteiger partial charge in [-0.1, -0.05) is 12.8 Å². The van der Waals surface area contributed by atoms with Crippen LogP contribution in [0, 0.1) is 0 Å². The standard InChI is InChI=1S/C66H121NO29S/c1-61-66(2,11-7-5-6-8-65(68)71-4)63-60-62(97-96-95-69)9-10-64(63)67(61)12-13-72-16-17-74-20-21-76-24-25-78-28-29-80-32-33-82-36-37-84-40-41-86-44-45-88-48-49-90-52-53-92-56-57-94-59-58-93-55-54-91-51-50-89-47-46-87-43-42-85-39-38-83-35-34-81-31-30-79-27-26-77-23-22-75-19-18-73-15-14-70-3/h9-10,60H,5-8,11-59H2,1-4H3. The second kappa shape index (κ2) is 72.0. The van der Waals surface area contributed by atoms with Gasteiger partial charge >= 0.3 is 5.97 Å². The SMILES string of the molecule is COCCOCCOCCOCCOCCOCCOCCOCCOCCOCCOCCOCCOCCOCCOCCOCCOCCOCCOCCOCCOCCOCCOCCOCC[N+]1=C(C)C(C)(CCCCCC(=O)OC)c2cc(SOO[O-])ccc21. The van der Waals surface area contributed by atoms with E-state index in [2.05, 4.69) is 33.9 Å². The normalized spacial score (nSPS) is 13.9. The second-order valence-electron chi connectivity index (χ2n) is 21.2. The van der Waals surface area contributed by atoms with Crippen LogP contribution in [0.4, 0.5) is 5.69 Å². The summed E-state index contributed by atoms with van der Waals surface area (Å²) < 4.78 is 144. The topological polar surface area (TPSA) is 292 Å². The highest BCUT2D eigenvalue weighted by atomic mass is 32.2. The minimum absolute atomic E-state index is 0.187. The molecule has 0 saturated carbocycles. The molecule has 0 fully saturated rings. The predicted octanol–water partition coefficient (Wildman–Crippen LogP) is 3.45. The fraction of sp³-hybridized carbons (Fsp3) is 0.879. The second-order valence-corrected chi connectivity index (χ2v) is 22.0. The molecule has 0 bridgehead atoms. The van der Waals surface area contributed by atoms with Crippen LogP contribution in [-0.4, -0.2) is 348 Å². The number of hydrogen-bond donors (Lipinski definition) is 0. The van der Waals surface area contributed by atoms with Gasteiger partial charge in [-0.3, -0.25) is 9.83 Å². The highest BCUT2D eigenvalue weighted by Crippen LogP contribution is 2.44. The Morgan fingerprint density at radius 2 is 0.629 bits per heavy atom. The molecular formula is C66H121NO29S. The first-order chi connectivity index (χ1) is 48.0. The first kappa shape index (κ1) is 90.7. The summed E-state index contributed by atoms with van der Waals surface area (Å²) in [5.74, 6) is -0.187. The Kier molecular flexibility index (Phi) is 67.3. The van der Waals surface area contributed by atoms with E-state index in [4.69, 9.17) is 118 Å². The van der Waals surface area contributed by atoms with Crippen molar-refractivity contribution >= 4 is 29.4 Å². The lowest BCUT2D eigenvalue weighted by Gasteiger charge is -2.22. The zero-order valence-corrected chi connectivity index (χ0v) is 59.7. The van der Waals surface area contributed by atoms with Crippen LogP contribution >= 0.6 is 12.0 Å². The van der Waals surface area contributed by atoms with Gasteiger partial charge in [-0.25, -0.2) is 0 Å². The highest BCUT2D eigenvalue weighted by Gasteiger charge is 2.46. The molecule has 2 rings (SSSR count). The molecule has 0 N–H and O–H groups in total. The minimum atomic E-state index is -0.235. The fourth-order valence-corrected chi connectivity index (χ4v) is 9.24. The molecule has 31 heteroatoms. The lowest BCUT2D eigenvalue weighted by atomic mass is 9.76. The minimum Gasteiger partial charge on any atom is -0.691 e. The van der Waals surface area contributed by atoms with Crippen molar-refractivity contribution in [2.24, 2.45) is 0 Å². The fourth-order valence-electron chi connectivity index (χ4n) is 8.84. The maximum Gasteiger partial charge on any atom is 0.305 e. The van der Waals surface area contributed by atoms with Crippen molar-refractivity contribution in [2.45, 2.75) is 56.3 Å². The Morgan fingerprint density at radius 3 is 0.876 bits per heavy atom. The van der Waals surface area contributed by atoms with Crippen LogP contribution in [0.2, 0.25) is 0 Å². The van der Waals surface area contributed by atoms with Crippen molar-refractivity contribution in [3.63, 3.8) is 0 Å². The summed E-state index contributed by atoms with van der Waals surface area (Å²) in [6, 6.07) is 6.00. The molecule has 0 spiro atoms. The molecule has 1 unspecified atom stereocenters. The van der Waals surface area contributed by atoms with Crippen molar-refractivity contribution in [3.8, 4) is 0 Å². The van der Waals surface area contributed by atoms with Gasteiger partial charge in [-0.2, -0.15) is 8.91 Å². The van der Waals surface area contributed by atoms with Crippen LogP contribution in [0.25, 0.3) is 0 Å². The van der Waals surface area contributed by atoms with Gasteiger partial charge in [-0.05, 0) is 31.9 Å². The summed E-state index contributed by atoms with van der Waals surface area (Å²) in [6.45, 7) is 28.0. The number of esters is 1. The van der Waals surface area contributed by atoms with Crippen molar-refractivity contribution in [3.05, 3.63) is 23.8 Å². The Balaban J connectivity index is 1.17. The monoisotopic (exact) mass is 1420 g/mol. The number of fused-ring (bicyclic) bond motifs is 1. The van der Waals surface area contributed by atoms with Crippen molar-refractivity contribution in [1.29, 1.82) is 0 Å². The Bertz CT molecular complexity index is 1880. The molecule has 30 nitrogen and oxygen atoms in total. The Hall–Kier alpha value is -2.37. The van der Waals surface area contributed by atoms with E-state index in [1.165, 1.54) is 12.8 Å². The molecular weight excluding hydrogens is 1300 g/mol. The van der Waals surface area contributed by atoms with E-state index in [9.17, 15) is 10.1 Å². The van der Waals surface area contributed by atoms with Gasteiger partial charge in [0, 0.05) is 37.0 Å². The summed E-state index contributed by atoms with van der Waals surface area (Å²) in [6.07, 6.45) is 3.96. The number of ether oxygens (including phenoxy) is 25. The highest BCUT2D eigenvalue weighted by molar-refractivity contribution is 7.94. The Morgan fingerprint density at radius 1 is 0.371 bits per heavy atom. The molecule has 0 amide bonds. The summed E-state index contributed by atoms with van der Waals surface area (Å²) in [7, 11) is 3.06. The van der Waals surface area contributed by atoms with Crippen molar-refractivity contribution in [2.75, 3.05) is 331 Å². The third-order valence-corrected chi connectivity index (χ3v) is 14.6. The van der Waals surface area contributed by atoms with Gasteiger partial charge < -0.3 is 124 Å². The summed E-state index contributed by atoms with van der Waals surface area (Å²) in [5.41, 5.74) is 3.23. The zero-order chi connectivity index (χ0) is 69.4. The van der Waals surface area contributed by atoms with Gasteiger partial charge in [0.15, 0.2) is 12.3 Å². The van der Waals surface area contributed by atoms with Gasteiger partial charge in [0.05, 0.1) is 328 Å². The largest absolute Gasteiger partial charge is 0.691 e. The molecule has 1 heterocycles. The summed E-state index contributed by atoms with van der Waals surface area (Å²) >= 11 is 0.884. The third kappa shape index (κ3) is 55.9. The molecule has 0 radical (unpaired) electrons. The molecule has 0 aliphatic carbocycles. The first-order valence-corrected chi connectivity index (χ1v) is 34.9. The van der Waals surface area contributed by atoms with E-state index in [1.807, 2.05) is 12.1 Å². The quantitative estimate of drug-likeness (QED) is 0.0225. The molecule has 1 aromatic rings. The van der Waals surface area contributed by atoms with Crippen LogP contribution in [0.15, 0.2) is 23.1 Å². The maximum atomic E-state index is 11.6. The van der Waals surface area contributed by atoms with E-state index in [1.54, 1.807) is 7.11 Å². The van der Waals surface area contributed by atoms with E-state index in [0.717, 1.165) is 53.9 Å². The maximum absolute atomic E-state index is 11.6. The van der Waals surface area contributed by atoms with E-state index < -0.39 is 0 Å². The average molecular weight is 1420 g/mol. The van der Waals surface area contributed by atoms with Gasteiger partial charge in [-0.15, -0.1) is 0 Å². The lowest BCUT2D eigenvalue weighted by Crippen LogP contribution is -2.31. The number of methoxy groups -OCH3 is 2. The lowest BCUT2D eigenvalue weighted by molar-refractivity contribution is -0.777. The molecule has 1 aliphatic heterocycles. The first-order valence-electron chi connectivity index (χ1n) is 34.2. The number of carbonyl (C=O) groups is 1. The van der Waals surface area contributed by atoms with Crippen LogP contribution in [0.5, 0.6) is 0 Å². The van der Waals surface area contributed by atoms with Gasteiger partial charge in [0.2, 0.25) is 5.69 Å². The third-order valence-electron chi connectivity index (χ3n) is 14.1.